The summed E-state index contributed by atoms with van der Waals surface area (Å²) in [6.07, 6.45) is 0. The van der Waals surface area contributed by atoms with Crippen molar-refractivity contribution in [1.82, 2.24) is 0 Å². The highest BCUT2D eigenvalue weighted by Gasteiger charge is 2.25. The van der Waals surface area contributed by atoms with Gasteiger partial charge < -0.3 is 10.4 Å². The Morgan fingerprint density at radius 1 is 1.25 bits per heavy atom. The lowest BCUT2D eigenvalue weighted by Crippen LogP contribution is -2.30. The van der Waals surface area contributed by atoms with Crippen LogP contribution in [-0.2, 0) is 19.6 Å². The average Bonchev–Trinajstić information content (AvgIpc) is 2.36. The van der Waals surface area contributed by atoms with Crippen LogP contribution >= 0.6 is 0 Å². The summed E-state index contributed by atoms with van der Waals surface area (Å²) >= 11 is 0. The molecule has 0 fully saturated rings. The molecule has 0 aliphatic carbocycles. The van der Waals surface area contributed by atoms with Crippen molar-refractivity contribution < 1.29 is 23.1 Å². The van der Waals surface area contributed by atoms with E-state index in [0.29, 0.717) is 0 Å². The predicted octanol–water partition coefficient (Wildman–Crippen LogP) is 0.629. The molecule has 1 aromatic carbocycles. The van der Waals surface area contributed by atoms with E-state index < -0.39 is 33.7 Å². The van der Waals surface area contributed by atoms with E-state index in [1.54, 1.807) is 0 Å². The lowest BCUT2D eigenvalue weighted by Gasteiger charge is -2.16. The van der Waals surface area contributed by atoms with Gasteiger partial charge in [0.2, 0.25) is 15.9 Å². The number of carboxylic acids is 1. The Hall–Kier alpha value is -1.93. The van der Waals surface area contributed by atoms with Gasteiger partial charge in [0.05, 0.1) is 10.8 Å². The van der Waals surface area contributed by atoms with E-state index in [4.69, 9.17) is 10.2 Å². The fraction of sp³-hybridized carbons (Fsp3) is 0.333. The summed E-state index contributed by atoms with van der Waals surface area (Å²) in [6.45, 7) is 2.91. The first-order valence-corrected chi connectivity index (χ1v) is 7.34. The number of nitrogens with one attached hydrogen (secondary N) is 1. The first kappa shape index (κ1) is 16.1. The molecule has 0 aromatic heterocycles. The van der Waals surface area contributed by atoms with Gasteiger partial charge in [0.1, 0.15) is 0 Å². The van der Waals surface area contributed by atoms with E-state index in [1.165, 1.54) is 38.1 Å². The summed E-state index contributed by atoms with van der Waals surface area (Å²) < 4.78 is 22.4. The standard InChI is InChI=1S/C12H16N2O5S/c1-7(8(2)12(16)17)11(15)14-9-4-3-5-10(6-9)20(13,18)19/h3-8H,1-2H3,(H,14,15)(H,16,17)(H2,13,18,19). The van der Waals surface area contributed by atoms with Crippen molar-refractivity contribution in [3.63, 3.8) is 0 Å². The number of nitrogens with two attached hydrogens (primary N) is 1. The Bertz CT molecular complexity index is 626. The van der Waals surface area contributed by atoms with Crippen molar-refractivity contribution in [2.75, 3.05) is 5.32 Å². The number of hydrogen-bond acceptors (Lipinski definition) is 4. The molecule has 0 radical (unpaired) electrons. The van der Waals surface area contributed by atoms with E-state index in [0.717, 1.165) is 0 Å². The fourth-order valence-corrected chi connectivity index (χ4v) is 2.01. The SMILES string of the molecule is CC(C(=O)O)C(C)C(=O)Nc1cccc(S(N)(=O)=O)c1. The first-order valence-electron chi connectivity index (χ1n) is 5.79. The summed E-state index contributed by atoms with van der Waals surface area (Å²) in [5.41, 5.74) is 0.242. The van der Waals surface area contributed by atoms with Crippen LogP contribution in [0.25, 0.3) is 0 Å². The fourth-order valence-electron chi connectivity index (χ4n) is 1.45. The molecule has 8 heteroatoms. The summed E-state index contributed by atoms with van der Waals surface area (Å²) in [5, 5.41) is 16.3. The van der Waals surface area contributed by atoms with Crippen molar-refractivity contribution >= 4 is 27.6 Å². The molecule has 1 amide bonds. The Balaban J connectivity index is 2.89. The molecule has 20 heavy (non-hydrogen) atoms. The molecule has 4 N–H and O–H groups in total. The predicted molar refractivity (Wildman–Crippen MR) is 72.4 cm³/mol. The molecule has 1 rings (SSSR count). The number of sulfonamides is 1. The summed E-state index contributed by atoms with van der Waals surface area (Å²) in [6, 6.07) is 5.44. The molecule has 0 heterocycles. The van der Waals surface area contributed by atoms with Crippen LogP contribution in [0.4, 0.5) is 5.69 Å². The zero-order valence-electron chi connectivity index (χ0n) is 11.0. The van der Waals surface area contributed by atoms with Gasteiger partial charge >= 0.3 is 5.97 Å². The van der Waals surface area contributed by atoms with Crippen LogP contribution in [0.3, 0.4) is 0 Å². The zero-order valence-corrected chi connectivity index (χ0v) is 11.8. The molecule has 1 aromatic rings. The maximum absolute atomic E-state index is 11.9. The number of hydrogen-bond donors (Lipinski definition) is 3. The highest BCUT2D eigenvalue weighted by atomic mass is 32.2. The number of carbonyl (C=O) groups excluding carboxylic acids is 1. The zero-order chi connectivity index (χ0) is 15.5. The number of carbonyl (C=O) groups is 2. The number of aliphatic carboxylic acids is 1. The van der Waals surface area contributed by atoms with Crippen molar-refractivity contribution in [3.05, 3.63) is 24.3 Å². The highest BCUT2D eigenvalue weighted by molar-refractivity contribution is 7.89. The van der Waals surface area contributed by atoms with E-state index in [9.17, 15) is 18.0 Å². The molecule has 2 atom stereocenters. The van der Waals surface area contributed by atoms with Gasteiger partial charge in [0, 0.05) is 11.6 Å². The van der Waals surface area contributed by atoms with Gasteiger partial charge in [-0.15, -0.1) is 0 Å². The third kappa shape index (κ3) is 4.04. The van der Waals surface area contributed by atoms with E-state index in [1.807, 2.05) is 0 Å². The molecular weight excluding hydrogens is 284 g/mol. The minimum absolute atomic E-state index is 0.130. The number of anilines is 1. The molecule has 2 unspecified atom stereocenters. The second-order valence-electron chi connectivity index (χ2n) is 4.48. The molecular formula is C12H16N2O5S. The van der Waals surface area contributed by atoms with Crippen LogP contribution in [0.5, 0.6) is 0 Å². The second kappa shape index (κ2) is 6.02. The van der Waals surface area contributed by atoms with Gasteiger partial charge in [0.15, 0.2) is 0 Å². The van der Waals surface area contributed by atoms with Crippen LogP contribution in [0.1, 0.15) is 13.8 Å². The molecule has 0 aliphatic rings. The Morgan fingerprint density at radius 3 is 2.35 bits per heavy atom. The lowest BCUT2D eigenvalue weighted by atomic mass is 9.95. The van der Waals surface area contributed by atoms with Crippen molar-refractivity contribution in [2.45, 2.75) is 18.7 Å². The number of rotatable bonds is 5. The first-order chi connectivity index (χ1) is 9.12. The van der Waals surface area contributed by atoms with Gasteiger partial charge in [-0.25, -0.2) is 13.6 Å². The largest absolute Gasteiger partial charge is 0.481 e. The van der Waals surface area contributed by atoms with Crippen LogP contribution in [0, 0.1) is 11.8 Å². The topological polar surface area (TPSA) is 127 Å². The Kier molecular flexibility index (Phi) is 4.85. The van der Waals surface area contributed by atoms with Crippen molar-refractivity contribution in [2.24, 2.45) is 17.0 Å². The summed E-state index contributed by atoms with van der Waals surface area (Å²) in [4.78, 5) is 22.5. The van der Waals surface area contributed by atoms with E-state index >= 15 is 0 Å². The average molecular weight is 300 g/mol. The second-order valence-corrected chi connectivity index (χ2v) is 6.04. The summed E-state index contributed by atoms with van der Waals surface area (Å²) in [7, 11) is -3.86. The van der Waals surface area contributed by atoms with E-state index in [2.05, 4.69) is 5.32 Å². The maximum atomic E-state index is 11.9. The number of benzene rings is 1. The van der Waals surface area contributed by atoms with Gasteiger partial charge in [-0.2, -0.15) is 0 Å². The number of carboxylic acid groups (broad SMARTS) is 1. The third-order valence-electron chi connectivity index (χ3n) is 2.98. The van der Waals surface area contributed by atoms with Gasteiger partial charge in [0.25, 0.3) is 0 Å². The minimum Gasteiger partial charge on any atom is -0.481 e. The molecule has 0 bridgehead atoms. The van der Waals surface area contributed by atoms with Crippen LogP contribution < -0.4 is 10.5 Å². The molecule has 0 aliphatic heterocycles. The maximum Gasteiger partial charge on any atom is 0.307 e. The Labute approximate surface area is 116 Å². The molecule has 7 nitrogen and oxygen atoms in total. The molecule has 0 saturated heterocycles. The summed E-state index contributed by atoms with van der Waals surface area (Å²) in [5.74, 6) is -3.19. The Morgan fingerprint density at radius 2 is 1.85 bits per heavy atom. The van der Waals surface area contributed by atoms with Crippen LogP contribution in [0.15, 0.2) is 29.2 Å². The number of primary sulfonamides is 1. The van der Waals surface area contributed by atoms with E-state index in [-0.39, 0.29) is 10.6 Å². The molecule has 0 saturated carbocycles. The lowest BCUT2D eigenvalue weighted by molar-refractivity contribution is -0.145. The van der Waals surface area contributed by atoms with Crippen LogP contribution in [0.2, 0.25) is 0 Å². The monoisotopic (exact) mass is 300 g/mol. The third-order valence-corrected chi connectivity index (χ3v) is 3.89. The van der Waals surface area contributed by atoms with Gasteiger partial charge in [-0.1, -0.05) is 19.9 Å². The minimum atomic E-state index is -3.86. The number of amides is 1. The quantitative estimate of drug-likeness (QED) is 0.735. The highest BCUT2D eigenvalue weighted by Crippen LogP contribution is 2.17. The smallest absolute Gasteiger partial charge is 0.307 e. The van der Waals surface area contributed by atoms with Crippen molar-refractivity contribution in [1.29, 1.82) is 0 Å². The normalized spacial score (nSPS) is 14.3. The molecule has 110 valence electrons. The molecule has 0 spiro atoms. The van der Waals surface area contributed by atoms with Gasteiger partial charge in [-0.05, 0) is 18.2 Å². The van der Waals surface area contributed by atoms with Crippen molar-refractivity contribution in [3.8, 4) is 0 Å². The van der Waals surface area contributed by atoms with Crippen LogP contribution in [-0.4, -0.2) is 25.4 Å². The van der Waals surface area contributed by atoms with Gasteiger partial charge in [-0.3, -0.25) is 9.59 Å².